The van der Waals surface area contributed by atoms with Gasteiger partial charge in [0.2, 0.25) is 5.91 Å². The van der Waals surface area contributed by atoms with Crippen LogP contribution < -0.4 is 0 Å². The molecule has 138 valence electrons. The summed E-state index contributed by atoms with van der Waals surface area (Å²) in [5.41, 5.74) is 2.07. The van der Waals surface area contributed by atoms with Gasteiger partial charge in [0.1, 0.15) is 11.7 Å². The minimum Gasteiger partial charge on any atom is -0.378 e. The third kappa shape index (κ3) is 3.87. The lowest BCUT2D eigenvalue weighted by Crippen LogP contribution is -2.42. The molecule has 4 rings (SSSR count). The van der Waals surface area contributed by atoms with E-state index in [2.05, 4.69) is 15.2 Å². The van der Waals surface area contributed by atoms with Gasteiger partial charge in [0.25, 0.3) is 0 Å². The van der Waals surface area contributed by atoms with Crippen molar-refractivity contribution >= 4 is 5.91 Å². The van der Waals surface area contributed by atoms with Gasteiger partial charge in [-0.2, -0.15) is 0 Å². The van der Waals surface area contributed by atoms with E-state index in [0.717, 1.165) is 37.5 Å². The number of amides is 1. The second-order valence-corrected chi connectivity index (χ2v) is 7.67. The van der Waals surface area contributed by atoms with Crippen molar-refractivity contribution in [1.29, 1.82) is 0 Å². The van der Waals surface area contributed by atoms with E-state index < -0.39 is 0 Å². The number of fused-ring (bicyclic) bond motifs is 1. The fourth-order valence-corrected chi connectivity index (χ4v) is 4.02. The minimum atomic E-state index is -0.0812. The average Bonchev–Trinajstić information content (AvgIpc) is 3.12. The summed E-state index contributed by atoms with van der Waals surface area (Å²) in [7, 11) is 1.93. The highest BCUT2D eigenvalue weighted by atomic mass is 16.5. The van der Waals surface area contributed by atoms with Gasteiger partial charge in [0.05, 0.1) is 18.9 Å². The summed E-state index contributed by atoms with van der Waals surface area (Å²) in [6.07, 6.45) is 6.52. The minimum absolute atomic E-state index is 0.0812. The molecular weight excluding hydrogens is 318 g/mol. The second-order valence-electron chi connectivity index (χ2n) is 7.67. The van der Waals surface area contributed by atoms with Crippen molar-refractivity contribution in [1.82, 2.24) is 24.8 Å². The van der Waals surface area contributed by atoms with Crippen molar-refractivity contribution in [2.24, 2.45) is 13.0 Å². The summed E-state index contributed by atoms with van der Waals surface area (Å²) in [5, 5.41) is 8.52. The van der Waals surface area contributed by atoms with E-state index >= 15 is 0 Å². The van der Waals surface area contributed by atoms with Crippen LogP contribution in [-0.2, 0) is 23.0 Å². The number of ether oxygens (including phenoxy) is 1. The largest absolute Gasteiger partial charge is 0.378 e. The number of carbonyl (C=O) groups excluding carboxylic acids is 1. The smallest absolute Gasteiger partial charge is 0.223 e. The molecule has 2 fully saturated rings. The van der Waals surface area contributed by atoms with Crippen LogP contribution in [0.25, 0.3) is 0 Å². The fourth-order valence-electron chi connectivity index (χ4n) is 4.02. The Morgan fingerprint density at radius 2 is 2.04 bits per heavy atom. The second kappa shape index (κ2) is 7.41. The summed E-state index contributed by atoms with van der Waals surface area (Å²) >= 11 is 0. The molecule has 0 N–H and O–H groups in total. The Labute approximate surface area is 149 Å². The number of likely N-dealkylation sites (tertiary alicyclic amines) is 1. The first-order chi connectivity index (χ1) is 12.2. The third-order valence-corrected chi connectivity index (χ3v) is 5.76. The molecule has 25 heavy (non-hydrogen) atoms. The van der Waals surface area contributed by atoms with Crippen LogP contribution in [0.5, 0.6) is 0 Å². The van der Waals surface area contributed by atoms with Crippen LogP contribution in [0.4, 0.5) is 0 Å². The van der Waals surface area contributed by atoms with Crippen LogP contribution in [-0.4, -0.2) is 70.1 Å². The number of nitrogens with zero attached hydrogens (tertiary/aromatic N) is 5. The van der Waals surface area contributed by atoms with Crippen LogP contribution in [0.2, 0.25) is 0 Å². The zero-order valence-corrected chi connectivity index (χ0v) is 15.2. The molecule has 2 aliphatic heterocycles. The molecule has 0 spiro atoms. The topological polar surface area (TPSA) is 63.5 Å². The number of hydrogen-bond acceptors (Lipinski definition) is 5. The van der Waals surface area contributed by atoms with E-state index in [1.807, 2.05) is 16.6 Å². The van der Waals surface area contributed by atoms with E-state index in [1.165, 1.54) is 38.8 Å². The summed E-state index contributed by atoms with van der Waals surface area (Å²) in [5.74, 6) is 0.861. The Morgan fingerprint density at radius 1 is 1.24 bits per heavy atom. The van der Waals surface area contributed by atoms with Crippen LogP contribution >= 0.6 is 0 Å². The van der Waals surface area contributed by atoms with E-state index in [1.54, 1.807) is 0 Å². The fraction of sp³-hybridized carbons (Fsp3) is 0.833. The van der Waals surface area contributed by atoms with Gasteiger partial charge in [-0.05, 0) is 44.7 Å². The van der Waals surface area contributed by atoms with Crippen LogP contribution in [0.3, 0.4) is 0 Å². The van der Waals surface area contributed by atoms with E-state index in [0.29, 0.717) is 18.9 Å². The summed E-state index contributed by atoms with van der Waals surface area (Å²) in [6.45, 7) is 5.35. The zero-order chi connectivity index (χ0) is 17.2. The molecule has 0 bridgehead atoms. The maximum atomic E-state index is 12.7. The highest BCUT2D eigenvalue weighted by Crippen LogP contribution is 2.35. The van der Waals surface area contributed by atoms with Crippen LogP contribution in [0.1, 0.15) is 49.5 Å². The molecule has 7 heteroatoms. The predicted octanol–water partition coefficient (Wildman–Crippen LogP) is 1.15. The SMILES string of the molecule is Cn1nnc2c1CCN(C(=O)CC1CC1)[C@H]2COCCN1CCCC1. The van der Waals surface area contributed by atoms with Gasteiger partial charge in [0.15, 0.2) is 0 Å². The molecular formula is C18H29N5O2. The number of carbonyl (C=O) groups is 1. The Hall–Kier alpha value is -1.47. The third-order valence-electron chi connectivity index (χ3n) is 5.76. The molecule has 1 atom stereocenters. The van der Waals surface area contributed by atoms with Crippen LogP contribution in [0.15, 0.2) is 0 Å². The Kier molecular flexibility index (Phi) is 5.03. The zero-order valence-electron chi connectivity index (χ0n) is 15.2. The average molecular weight is 347 g/mol. The molecule has 0 unspecified atom stereocenters. The lowest BCUT2D eigenvalue weighted by atomic mass is 10.0. The van der Waals surface area contributed by atoms with Gasteiger partial charge in [-0.25, -0.2) is 0 Å². The number of hydrogen-bond donors (Lipinski definition) is 0. The lowest BCUT2D eigenvalue weighted by molar-refractivity contribution is -0.136. The van der Waals surface area contributed by atoms with Crippen molar-refractivity contribution in [3.63, 3.8) is 0 Å². The first-order valence-corrected chi connectivity index (χ1v) is 9.70. The normalized spacial score (nSPS) is 23.9. The summed E-state index contributed by atoms with van der Waals surface area (Å²) < 4.78 is 7.83. The van der Waals surface area contributed by atoms with Gasteiger partial charge in [-0.15, -0.1) is 5.10 Å². The molecule has 1 aromatic heterocycles. The number of aromatic nitrogens is 3. The monoisotopic (exact) mass is 347 g/mol. The van der Waals surface area contributed by atoms with Gasteiger partial charge >= 0.3 is 0 Å². The molecule has 3 aliphatic rings. The molecule has 3 heterocycles. The van der Waals surface area contributed by atoms with Crippen molar-refractivity contribution in [3.8, 4) is 0 Å². The van der Waals surface area contributed by atoms with Crippen molar-refractivity contribution < 1.29 is 9.53 Å². The standard InChI is InChI=1S/C18H29N5O2/c1-21-15-6-9-23(17(24)12-14-4-5-14)16(18(15)19-20-21)13-25-11-10-22-7-2-3-8-22/h14,16H,2-13H2,1H3/t16-/m0/s1. The number of rotatable bonds is 7. The molecule has 0 aromatic carbocycles. The first-order valence-electron chi connectivity index (χ1n) is 9.70. The summed E-state index contributed by atoms with van der Waals surface area (Å²) in [4.78, 5) is 17.2. The maximum absolute atomic E-state index is 12.7. The quantitative estimate of drug-likeness (QED) is 0.693. The van der Waals surface area contributed by atoms with E-state index in [-0.39, 0.29) is 11.9 Å². The Bertz CT molecular complexity index is 607. The maximum Gasteiger partial charge on any atom is 0.223 e. The predicted molar refractivity (Wildman–Crippen MR) is 93.0 cm³/mol. The molecule has 1 saturated carbocycles. The van der Waals surface area contributed by atoms with Gasteiger partial charge < -0.3 is 14.5 Å². The van der Waals surface area contributed by atoms with Gasteiger partial charge in [0, 0.05) is 33.0 Å². The van der Waals surface area contributed by atoms with Crippen LogP contribution in [0, 0.1) is 5.92 Å². The highest BCUT2D eigenvalue weighted by Gasteiger charge is 2.36. The molecule has 0 radical (unpaired) electrons. The summed E-state index contributed by atoms with van der Waals surface area (Å²) in [6, 6.07) is -0.0812. The molecule has 7 nitrogen and oxygen atoms in total. The highest BCUT2D eigenvalue weighted by molar-refractivity contribution is 5.77. The van der Waals surface area contributed by atoms with Crippen molar-refractivity contribution in [3.05, 3.63) is 11.4 Å². The van der Waals surface area contributed by atoms with Crippen molar-refractivity contribution in [2.75, 3.05) is 39.4 Å². The van der Waals surface area contributed by atoms with Crippen molar-refractivity contribution in [2.45, 2.75) is 44.6 Å². The van der Waals surface area contributed by atoms with E-state index in [9.17, 15) is 4.79 Å². The first kappa shape index (κ1) is 17.0. The number of aryl methyl sites for hydroxylation is 1. The lowest BCUT2D eigenvalue weighted by Gasteiger charge is -2.35. The van der Waals surface area contributed by atoms with Gasteiger partial charge in [-0.1, -0.05) is 5.21 Å². The van der Waals surface area contributed by atoms with Gasteiger partial charge in [-0.3, -0.25) is 9.48 Å². The molecule has 1 aromatic rings. The molecule has 1 amide bonds. The van der Waals surface area contributed by atoms with E-state index in [4.69, 9.17) is 4.74 Å². The Morgan fingerprint density at radius 3 is 2.80 bits per heavy atom. The Balaban J connectivity index is 1.38. The molecule has 1 saturated heterocycles. The molecule has 1 aliphatic carbocycles.